The van der Waals surface area contributed by atoms with Crippen molar-refractivity contribution >= 4 is 32.4 Å². The number of anilines is 1. The van der Waals surface area contributed by atoms with E-state index in [0.717, 1.165) is 30.6 Å². The van der Waals surface area contributed by atoms with Crippen LogP contribution in [0.4, 0.5) is 5.69 Å². The molecular weight excluding hydrogens is 388 g/mol. The summed E-state index contributed by atoms with van der Waals surface area (Å²) in [7, 11) is -3.33. The van der Waals surface area contributed by atoms with Crippen molar-refractivity contribution in [3.05, 3.63) is 65.4 Å². The molecule has 1 aliphatic rings. The fourth-order valence-electron chi connectivity index (χ4n) is 3.87. The Morgan fingerprint density at radius 1 is 1.07 bits per heavy atom. The Morgan fingerprint density at radius 3 is 2.52 bits per heavy atom. The summed E-state index contributed by atoms with van der Waals surface area (Å²) in [4.78, 5) is 15.2. The second kappa shape index (κ2) is 7.91. The highest BCUT2D eigenvalue weighted by molar-refractivity contribution is 7.89. The first kappa shape index (κ1) is 19.5. The van der Waals surface area contributed by atoms with Crippen LogP contribution in [-0.4, -0.2) is 33.7 Å². The molecule has 1 fully saturated rings. The monoisotopic (exact) mass is 412 g/mol. The van der Waals surface area contributed by atoms with Gasteiger partial charge in [-0.1, -0.05) is 36.4 Å². The normalized spacial score (nSPS) is 14.4. The molecule has 1 N–H and O–H groups in total. The number of furan rings is 1. The van der Waals surface area contributed by atoms with Crippen molar-refractivity contribution in [2.24, 2.45) is 0 Å². The van der Waals surface area contributed by atoms with Crippen LogP contribution in [0.5, 0.6) is 0 Å². The predicted octanol–water partition coefficient (Wildman–Crippen LogP) is 3.51. The van der Waals surface area contributed by atoms with Gasteiger partial charge < -0.3 is 14.6 Å². The third-order valence-corrected chi connectivity index (χ3v) is 6.00. The Kier molecular flexibility index (Phi) is 5.32. The molecule has 1 aromatic heterocycles. The SMILES string of the molecule is CS(=O)(=O)Cc1c(C(=O)NCc2ccccc2N2CCCC2)oc2ccccc12. The van der Waals surface area contributed by atoms with Crippen LogP contribution in [0.25, 0.3) is 11.0 Å². The van der Waals surface area contributed by atoms with Gasteiger partial charge in [-0.15, -0.1) is 0 Å². The smallest absolute Gasteiger partial charge is 0.287 e. The van der Waals surface area contributed by atoms with Gasteiger partial charge in [-0.25, -0.2) is 8.42 Å². The number of rotatable bonds is 6. The minimum atomic E-state index is -3.33. The first-order valence-corrected chi connectivity index (χ1v) is 11.8. The van der Waals surface area contributed by atoms with E-state index < -0.39 is 15.7 Å². The molecule has 0 spiro atoms. The Bertz CT molecular complexity index is 1140. The summed E-state index contributed by atoms with van der Waals surface area (Å²) in [5.74, 6) is -0.580. The molecule has 6 nitrogen and oxygen atoms in total. The van der Waals surface area contributed by atoms with Crippen LogP contribution < -0.4 is 10.2 Å². The van der Waals surface area contributed by atoms with E-state index >= 15 is 0 Å². The van der Waals surface area contributed by atoms with Crippen molar-refractivity contribution < 1.29 is 17.6 Å². The highest BCUT2D eigenvalue weighted by Gasteiger charge is 2.23. The van der Waals surface area contributed by atoms with Crippen LogP contribution in [0.1, 0.15) is 34.5 Å². The molecule has 3 aromatic rings. The zero-order chi connectivity index (χ0) is 20.4. The van der Waals surface area contributed by atoms with Gasteiger partial charge in [-0.2, -0.15) is 0 Å². The highest BCUT2D eigenvalue weighted by atomic mass is 32.2. The second-order valence-corrected chi connectivity index (χ2v) is 9.62. The quantitative estimate of drug-likeness (QED) is 0.670. The zero-order valence-corrected chi connectivity index (χ0v) is 17.2. The zero-order valence-electron chi connectivity index (χ0n) is 16.3. The lowest BCUT2D eigenvalue weighted by Crippen LogP contribution is -2.26. The van der Waals surface area contributed by atoms with Crippen LogP contribution in [0.15, 0.2) is 52.9 Å². The lowest BCUT2D eigenvalue weighted by atomic mass is 10.1. The molecule has 0 saturated carbocycles. The molecular formula is C22H24N2O4S. The van der Waals surface area contributed by atoms with Gasteiger partial charge in [0.2, 0.25) is 0 Å². The number of nitrogens with zero attached hydrogens (tertiary/aromatic N) is 1. The predicted molar refractivity (Wildman–Crippen MR) is 114 cm³/mol. The third kappa shape index (κ3) is 4.29. The lowest BCUT2D eigenvalue weighted by molar-refractivity contribution is 0.0924. The first-order valence-electron chi connectivity index (χ1n) is 9.71. The average Bonchev–Trinajstić information content (AvgIpc) is 3.34. The molecule has 2 aromatic carbocycles. The van der Waals surface area contributed by atoms with Crippen molar-refractivity contribution in [3.63, 3.8) is 0 Å². The number of carbonyl (C=O) groups excluding carboxylic acids is 1. The maximum Gasteiger partial charge on any atom is 0.287 e. The number of nitrogens with one attached hydrogen (secondary N) is 1. The highest BCUT2D eigenvalue weighted by Crippen LogP contribution is 2.28. The Balaban J connectivity index is 1.60. The number of benzene rings is 2. The number of amides is 1. The van der Waals surface area contributed by atoms with Gasteiger partial charge in [0.15, 0.2) is 15.6 Å². The molecule has 1 amide bonds. The van der Waals surface area contributed by atoms with Gasteiger partial charge in [0, 0.05) is 42.5 Å². The summed E-state index contributed by atoms with van der Waals surface area (Å²) in [5.41, 5.74) is 3.08. The second-order valence-electron chi connectivity index (χ2n) is 7.48. The van der Waals surface area contributed by atoms with Gasteiger partial charge in [0.05, 0.1) is 5.75 Å². The number of carbonyl (C=O) groups is 1. The van der Waals surface area contributed by atoms with Gasteiger partial charge in [0.1, 0.15) is 5.58 Å². The van der Waals surface area contributed by atoms with E-state index in [4.69, 9.17) is 4.42 Å². The van der Waals surface area contributed by atoms with E-state index in [0.29, 0.717) is 23.1 Å². The summed E-state index contributed by atoms with van der Waals surface area (Å²) >= 11 is 0. The Morgan fingerprint density at radius 2 is 1.76 bits per heavy atom. The van der Waals surface area contributed by atoms with Gasteiger partial charge in [-0.05, 0) is 30.5 Å². The molecule has 1 aliphatic heterocycles. The minimum absolute atomic E-state index is 0.0651. The van der Waals surface area contributed by atoms with Gasteiger partial charge in [-0.3, -0.25) is 4.79 Å². The summed E-state index contributed by atoms with van der Waals surface area (Å²) in [5, 5.41) is 3.57. The van der Waals surface area contributed by atoms with Crippen LogP contribution in [0.3, 0.4) is 0 Å². The van der Waals surface area contributed by atoms with Crippen LogP contribution in [0.2, 0.25) is 0 Å². The first-order chi connectivity index (χ1) is 13.9. The molecule has 4 rings (SSSR count). The molecule has 0 bridgehead atoms. The molecule has 1 saturated heterocycles. The number of para-hydroxylation sites is 2. The number of sulfone groups is 1. The molecule has 7 heteroatoms. The Labute approximate surface area is 170 Å². The molecule has 29 heavy (non-hydrogen) atoms. The van der Waals surface area contributed by atoms with Crippen molar-refractivity contribution in [3.8, 4) is 0 Å². The molecule has 0 atom stereocenters. The largest absolute Gasteiger partial charge is 0.451 e. The standard InChI is InChI=1S/C22H24N2O4S/c1-29(26,27)15-18-17-9-3-5-11-20(17)28-21(18)22(25)23-14-16-8-2-4-10-19(16)24-12-6-7-13-24/h2-5,8-11H,6-7,12-15H2,1H3,(H,23,25). The van der Waals surface area contributed by atoms with Crippen LogP contribution in [0, 0.1) is 0 Å². The fourth-order valence-corrected chi connectivity index (χ4v) is 4.68. The maximum atomic E-state index is 12.9. The third-order valence-electron chi connectivity index (χ3n) is 5.19. The summed E-state index contributed by atoms with van der Waals surface area (Å²) in [6.45, 7) is 2.39. The van der Waals surface area contributed by atoms with E-state index in [-0.39, 0.29) is 11.5 Å². The van der Waals surface area contributed by atoms with Crippen LogP contribution in [-0.2, 0) is 22.1 Å². The van der Waals surface area contributed by atoms with E-state index in [1.807, 2.05) is 18.2 Å². The molecule has 0 unspecified atom stereocenters. The van der Waals surface area contributed by atoms with E-state index in [2.05, 4.69) is 16.3 Å². The number of hydrogen-bond donors (Lipinski definition) is 1. The lowest BCUT2D eigenvalue weighted by Gasteiger charge is -2.21. The van der Waals surface area contributed by atoms with Crippen molar-refractivity contribution in [2.45, 2.75) is 25.1 Å². The van der Waals surface area contributed by atoms with Gasteiger partial charge >= 0.3 is 0 Å². The molecule has 152 valence electrons. The van der Waals surface area contributed by atoms with E-state index in [1.165, 1.54) is 12.8 Å². The van der Waals surface area contributed by atoms with Crippen molar-refractivity contribution in [1.82, 2.24) is 5.32 Å². The summed E-state index contributed by atoms with van der Waals surface area (Å²) in [6.07, 6.45) is 3.51. The molecule has 0 radical (unpaired) electrons. The minimum Gasteiger partial charge on any atom is -0.451 e. The molecule has 0 aliphatic carbocycles. The van der Waals surface area contributed by atoms with Crippen LogP contribution >= 0.6 is 0 Å². The summed E-state index contributed by atoms with van der Waals surface area (Å²) < 4.78 is 29.6. The van der Waals surface area contributed by atoms with E-state index in [9.17, 15) is 13.2 Å². The maximum absolute atomic E-state index is 12.9. The average molecular weight is 413 g/mol. The number of hydrogen-bond acceptors (Lipinski definition) is 5. The summed E-state index contributed by atoms with van der Waals surface area (Å²) in [6, 6.07) is 15.1. The Hall–Kier alpha value is -2.80. The fraction of sp³-hybridized carbons (Fsp3) is 0.318. The topological polar surface area (TPSA) is 79.6 Å². The molecule has 2 heterocycles. The van der Waals surface area contributed by atoms with Gasteiger partial charge in [0.25, 0.3) is 5.91 Å². The van der Waals surface area contributed by atoms with E-state index in [1.54, 1.807) is 24.3 Å². The van der Waals surface area contributed by atoms with Crippen molar-refractivity contribution in [1.29, 1.82) is 0 Å². The van der Waals surface area contributed by atoms with Crippen molar-refractivity contribution in [2.75, 3.05) is 24.2 Å². The number of fused-ring (bicyclic) bond motifs is 1.